The summed E-state index contributed by atoms with van der Waals surface area (Å²) < 4.78 is 1.94. The number of benzene rings is 3. The van der Waals surface area contributed by atoms with Gasteiger partial charge in [0, 0.05) is 23.8 Å². The van der Waals surface area contributed by atoms with Crippen molar-refractivity contribution in [3.05, 3.63) is 77.9 Å². The predicted octanol–water partition coefficient (Wildman–Crippen LogP) is 6.35. The molecule has 1 aliphatic rings. The Kier molecular flexibility index (Phi) is 6.34. The second-order valence-corrected chi connectivity index (χ2v) is 8.96. The molecule has 1 fully saturated rings. The van der Waals surface area contributed by atoms with Crippen molar-refractivity contribution in [2.75, 3.05) is 5.32 Å². The SMILES string of the molecule is N#Cc1ccc2c(c1)nnn2CCCc1ccc(-c2ccccc2)c(NC2CCCCC2)c1. The van der Waals surface area contributed by atoms with Crippen LogP contribution in [0.4, 0.5) is 5.69 Å². The van der Waals surface area contributed by atoms with Crippen LogP contribution in [0.2, 0.25) is 0 Å². The molecule has 4 aromatic rings. The highest BCUT2D eigenvalue weighted by Gasteiger charge is 2.16. The minimum atomic E-state index is 0.566. The van der Waals surface area contributed by atoms with Gasteiger partial charge in [0.2, 0.25) is 0 Å². The van der Waals surface area contributed by atoms with E-state index in [1.807, 2.05) is 16.8 Å². The molecule has 0 amide bonds. The van der Waals surface area contributed by atoms with Crippen molar-refractivity contribution >= 4 is 16.7 Å². The van der Waals surface area contributed by atoms with Gasteiger partial charge in [-0.25, -0.2) is 4.68 Å². The van der Waals surface area contributed by atoms with Crippen LogP contribution in [0.25, 0.3) is 22.2 Å². The van der Waals surface area contributed by atoms with E-state index < -0.39 is 0 Å². The predicted molar refractivity (Wildman–Crippen MR) is 133 cm³/mol. The zero-order chi connectivity index (χ0) is 22.5. The molecule has 1 aromatic heterocycles. The first-order valence-electron chi connectivity index (χ1n) is 12.0. The summed E-state index contributed by atoms with van der Waals surface area (Å²) in [7, 11) is 0. The van der Waals surface area contributed by atoms with Crippen LogP contribution < -0.4 is 5.32 Å². The number of nitrogens with zero attached hydrogens (tertiary/aromatic N) is 4. The summed E-state index contributed by atoms with van der Waals surface area (Å²) in [6.07, 6.45) is 8.47. The number of anilines is 1. The molecule has 0 aliphatic heterocycles. The summed E-state index contributed by atoms with van der Waals surface area (Å²) in [6.45, 7) is 0.800. The summed E-state index contributed by atoms with van der Waals surface area (Å²) >= 11 is 0. The van der Waals surface area contributed by atoms with Crippen molar-refractivity contribution in [2.45, 2.75) is 57.5 Å². The first kappa shape index (κ1) is 21.2. The third kappa shape index (κ3) is 4.90. The van der Waals surface area contributed by atoms with Crippen LogP contribution in [-0.4, -0.2) is 21.0 Å². The first-order valence-corrected chi connectivity index (χ1v) is 12.0. The Bertz CT molecular complexity index is 1260. The molecule has 5 nitrogen and oxygen atoms in total. The van der Waals surface area contributed by atoms with Gasteiger partial charge in [0.1, 0.15) is 5.52 Å². The summed E-state index contributed by atoms with van der Waals surface area (Å²) in [4.78, 5) is 0. The number of hydrogen-bond donors (Lipinski definition) is 1. The summed E-state index contributed by atoms with van der Waals surface area (Å²) in [5.41, 5.74) is 7.50. The fourth-order valence-electron chi connectivity index (χ4n) is 4.84. The number of fused-ring (bicyclic) bond motifs is 1. The van der Waals surface area contributed by atoms with Crippen molar-refractivity contribution in [1.82, 2.24) is 15.0 Å². The molecule has 0 atom stereocenters. The molecule has 5 heteroatoms. The topological polar surface area (TPSA) is 66.5 Å². The van der Waals surface area contributed by atoms with E-state index >= 15 is 0 Å². The monoisotopic (exact) mass is 435 g/mol. The van der Waals surface area contributed by atoms with Crippen LogP contribution in [0.1, 0.15) is 49.7 Å². The molecule has 0 saturated heterocycles. The summed E-state index contributed by atoms with van der Waals surface area (Å²) in [5.74, 6) is 0. The number of rotatable bonds is 7. The van der Waals surface area contributed by atoms with Gasteiger partial charge in [-0.3, -0.25) is 0 Å². The van der Waals surface area contributed by atoms with E-state index in [-0.39, 0.29) is 0 Å². The average Bonchev–Trinajstić information content (AvgIpc) is 3.27. The standard InChI is InChI=1S/C28H29N5/c29-20-22-14-16-28-27(19-22)31-32-33(28)17-7-8-21-13-15-25(23-9-3-1-4-10-23)26(18-21)30-24-11-5-2-6-12-24/h1,3-4,9-10,13-16,18-19,24,30H,2,5-8,11-12,17H2. The molecule has 1 heterocycles. The summed E-state index contributed by atoms with van der Waals surface area (Å²) in [6, 6.07) is 25.8. The van der Waals surface area contributed by atoms with E-state index in [1.54, 1.807) is 6.07 Å². The molecule has 5 rings (SSSR count). The maximum atomic E-state index is 9.08. The lowest BCUT2D eigenvalue weighted by atomic mass is 9.94. The first-order chi connectivity index (χ1) is 16.3. The largest absolute Gasteiger partial charge is 0.382 e. The number of nitriles is 1. The van der Waals surface area contributed by atoms with Gasteiger partial charge in [0.15, 0.2) is 0 Å². The maximum Gasteiger partial charge on any atom is 0.114 e. The van der Waals surface area contributed by atoms with Gasteiger partial charge in [-0.15, -0.1) is 5.10 Å². The van der Waals surface area contributed by atoms with Gasteiger partial charge >= 0.3 is 0 Å². The average molecular weight is 436 g/mol. The Morgan fingerprint density at radius 3 is 2.64 bits per heavy atom. The number of aromatic nitrogens is 3. The lowest BCUT2D eigenvalue weighted by molar-refractivity contribution is 0.463. The quantitative estimate of drug-likeness (QED) is 0.367. The van der Waals surface area contributed by atoms with Crippen LogP contribution in [0.5, 0.6) is 0 Å². The fraction of sp³-hybridized carbons (Fsp3) is 0.321. The Morgan fingerprint density at radius 1 is 0.970 bits per heavy atom. The Morgan fingerprint density at radius 2 is 1.82 bits per heavy atom. The highest BCUT2D eigenvalue weighted by Crippen LogP contribution is 2.32. The van der Waals surface area contributed by atoms with Crippen molar-refractivity contribution in [2.24, 2.45) is 0 Å². The van der Waals surface area contributed by atoms with Crippen LogP contribution in [-0.2, 0) is 13.0 Å². The smallest absolute Gasteiger partial charge is 0.114 e. The molecule has 1 N–H and O–H groups in total. The van der Waals surface area contributed by atoms with Gasteiger partial charge in [-0.2, -0.15) is 5.26 Å². The minimum Gasteiger partial charge on any atom is -0.382 e. The van der Waals surface area contributed by atoms with Crippen molar-refractivity contribution in [1.29, 1.82) is 5.26 Å². The second kappa shape index (κ2) is 9.87. The molecule has 0 bridgehead atoms. The van der Waals surface area contributed by atoms with Crippen LogP contribution in [0.15, 0.2) is 66.7 Å². The molecular formula is C28H29N5. The number of nitrogens with one attached hydrogen (secondary N) is 1. The maximum absolute atomic E-state index is 9.08. The minimum absolute atomic E-state index is 0.566. The highest BCUT2D eigenvalue weighted by molar-refractivity contribution is 5.79. The van der Waals surface area contributed by atoms with Crippen molar-refractivity contribution in [3.63, 3.8) is 0 Å². The van der Waals surface area contributed by atoms with Gasteiger partial charge < -0.3 is 5.32 Å². The second-order valence-electron chi connectivity index (χ2n) is 8.96. The lowest BCUT2D eigenvalue weighted by Gasteiger charge is -2.25. The van der Waals surface area contributed by atoms with Gasteiger partial charge in [0.25, 0.3) is 0 Å². The zero-order valence-electron chi connectivity index (χ0n) is 18.9. The van der Waals surface area contributed by atoms with E-state index in [1.165, 1.54) is 54.5 Å². The van der Waals surface area contributed by atoms with E-state index in [0.717, 1.165) is 30.4 Å². The molecule has 1 aliphatic carbocycles. The van der Waals surface area contributed by atoms with Gasteiger partial charge in [0.05, 0.1) is 17.1 Å². The third-order valence-corrected chi connectivity index (χ3v) is 6.61. The normalized spacial score (nSPS) is 14.3. The molecule has 1 saturated carbocycles. The number of hydrogen-bond acceptors (Lipinski definition) is 4. The zero-order valence-corrected chi connectivity index (χ0v) is 18.9. The summed E-state index contributed by atoms with van der Waals surface area (Å²) in [5, 5.41) is 21.5. The molecule has 33 heavy (non-hydrogen) atoms. The fourth-order valence-corrected chi connectivity index (χ4v) is 4.84. The third-order valence-electron chi connectivity index (χ3n) is 6.61. The van der Waals surface area contributed by atoms with E-state index in [0.29, 0.717) is 11.6 Å². The molecule has 0 radical (unpaired) electrons. The van der Waals surface area contributed by atoms with Crippen molar-refractivity contribution < 1.29 is 0 Å². The van der Waals surface area contributed by atoms with Crippen LogP contribution in [0, 0.1) is 11.3 Å². The Balaban J connectivity index is 1.32. The molecule has 0 unspecified atom stereocenters. The highest BCUT2D eigenvalue weighted by atomic mass is 15.4. The van der Waals surface area contributed by atoms with Crippen molar-refractivity contribution in [3.8, 4) is 17.2 Å². The Hall–Kier alpha value is -3.65. The van der Waals surface area contributed by atoms with E-state index in [9.17, 15) is 0 Å². The molecule has 3 aromatic carbocycles. The van der Waals surface area contributed by atoms with E-state index in [2.05, 4.69) is 70.2 Å². The lowest BCUT2D eigenvalue weighted by Crippen LogP contribution is -2.22. The van der Waals surface area contributed by atoms with Crippen LogP contribution in [0.3, 0.4) is 0 Å². The molecule has 0 spiro atoms. The van der Waals surface area contributed by atoms with Gasteiger partial charge in [-0.05, 0) is 61.1 Å². The molecular weight excluding hydrogens is 406 g/mol. The van der Waals surface area contributed by atoms with Gasteiger partial charge in [-0.1, -0.05) is 66.9 Å². The number of aryl methyl sites for hydroxylation is 2. The molecule has 166 valence electrons. The Labute approximate surface area is 195 Å². The van der Waals surface area contributed by atoms with E-state index in [4.69, 9.17) is 5.26 Å². The van der Waals surface area contributed by atoms with Crippen LogP contribution >= 0.6 is 0 Å².